The predicted molar refractivity (Wildman–Crippen MR) is 114 cm³/mol. The standard InChI is InChI=1S/C22H26ClN5/c1-15-19(16-5-2-3-6-17(16)23)20-25-11-14-28(20)21(26-15)27-12-9-22(10-13-27)8-4-7-18(22)24/h2-3,5-6,11,14,18H,4,7-10,12-13,24H2,1H3/t18-/m1/s1. The van der Waals surface area contributed by atoms with Crippen LogP contribution in [0.4, 0.5) is 5.95 Å². The summed E-state index contributed by atoms with van der Waals surface area (Å²) in [4.78, 5) is 12.1. The molecule has 2 N–H and O–H groups in total. The maximum absolute atomic E-state index is 6.48. The minimum absolute atomic E-state index is 0.344. The molecule has 28 heavy (non-hydrogen) atoms. The van der Waals surface area contributed by atoms with Crippen LogP contribution in [0.2, 0.25) is 5.02 Å². The number of nitrogens with zero attached hydrogens (tertiary/aromatic N) is 4. The van der Waals surface area contributed by atoms with Crippen LogP contribution in [0.25, 0.3) is 16.8 Å². The third-order valence-electron chi connectivity index (χ3n) is 6.87. The Balaban J connectivity index is 1.53. The molecule has 6 heteroatoms. The number of hydrogen-bond acceptors (Lipinski definition) is 4. The molecule has 1 aliphatic carbocycles. The van der Waals surface area contributed by atoms with E-state index in [1.165, 1.54) is 19.3 Å². The van der Waals surface area contributed by atoms with Crippen molar-refractivity contribution >= 4 is 23.2 Å². The second kappa shape index (κ2) is 6.75. The van der Waals surface area contributed by atoms with E-state index in [0.717, 1.165) is 59.4 Å². The summed E-state index contributed by atoms with van der Waals surface area (Å²) in [6.45, 7) is 4.05. The van der Waals surface area contributed by atoms with Crippen molar-refractivity contribution in [3.8, 4) is 11.1 Å². The van der Waals surface area contributed by atoms with Crippen LogP contribution in [0.15, 0.2) is 36.7 Å². The summed E-state index contributed by atoms with van der Waals surface area (Å²) in [5.74, 6) is 0.974. The lowest BCUT2D eigenvalue weighted by Crippen LogP contribution is -2.47. The van der Waals surface area contributed by atoms with E-state index in [1.54, 1.807) is 0 Å². The third-order valence-corrected chi connectivity index (χ3v) is 7.20. The minimum Gasteiger partial charge on any atom is -0.342 e. The van der Waals surface area contributed by atoms with Crippen LogP contribution in [-0.4, -0.2) is 33.5 Å². The van der Waals surface area contributed by atoms with Crippen LogP contribution in [0, 0.1) is 12.3 Å². The molecule has 2 aromatic heterocycles. The lowest BCUT2D eigenvalue weighted by Gasteiger charge is -2.42. The number of hydrogen-bond donors (Lipinski definition) is 1. The fourth-order valence-electron chi connectivity index (χ4n) is 5.21. The van der Waals surface area contributed by atoms with Crippen molar-refractivity contribution in [1.82, 2.24) is 14.4 Å². The molecule has 5 rings (SSSR count). The number of halogens is 1. The van der Waals surface area contributed by atoms with Gasteiger partial charge in [0.25, 0.3) is 0 Å². The molecule has 0 amide bonds. The molecule has 3 heterocycles. The molecule has 1 spiro atoms. The van der Waals surface area contributed by atoms with E-state index in [9.17, 15) is 0 Å². The van der Waals surface area contributed by atoms with Gasteiger partial charge < -0.3 is 10.6 Å². The number of piperidine rings is 1. The SMILES string of the molecule is Cc1nc(N2CCC3(CCC[C@H]3N)CC2)n2ccnc2c1-c1ccccc1Cl. The second-order valence-electron chi connectivity index (χ2n) is 8.32. The highest BCUT2D eigenvalue weighted by atomic mass is 35.5. The van der Waals surface area contributed by atoms with E-state index >= 15 is 0 Å². The molecule has 0 radical (unpaired) electrons. The van der Waals surface area contributed by atoms with Gasteiger partial charge in [0.1, 0.15) is 5.65 Å². The number of aryl methyl sites for hydroxylation is 1. The molecule has 0 bridgehead atoms. The van der Waals surface area contributed by atoms with Crippen LogP contribution in [0.1, 0.15) is 37.8 Å². The zero-order valence-electron chi connectivity index (χ0n) is 16.2. The molecule has 1 atom stereocenters. The molecule has 1 saturated heterocycles. The van der Waals surface area contributed by atoms with Crippen molar-refractivity contribution in [2.45, 2.75) is 45.1 Å². The van der Waals surface area contributed by atoms with Gasteiger partial charge in [0.05, 0.1) is 5.69 Å². The molecule has 2 fully saturated rings. The van der Waals surface area contributed by atoms with Gasteiger partial charge in [-0.1, -0.05) is 36.2 Å². The number of anilines is 1. The van der Waals surface area contributed by atoms with E-state index < -0.39 is 0 Å². The number of imidazole rings is 1. The fourth-order valence-corrected chi connectivity index (χ4v) is 5.44. The van der Waals surface area contributed by atoms with Gasteiger partial charge in [0, 0.05) is 47.7 Å². The number of rotatable bonds is 2. The molecule has 146 valence electrons. The third kappa shape index (κ3) is 2.72. The van der Waals surface area contributed by atoms with Crippen LogP contribution in [0.5, 0.6) is 0 Å². The van der Waals surface area contributed by atoms with Gasteiger partial charge in [-0.2, -0.15) is 0 Å². The monoisotopic (exact) mass is 395 g/mol. The number of fused-ring (bicyclic) bond motifs is 1. The van der Waals surface area contributed by atoms with E-state index in [4.69, 9.17) is 22.3 Å². The lowest BCUT2D eigenvalue weighted by molar-refractivity contribution is 0.197. The van der Waals surface area contributed by atoms with Crippen molar-refractivity contribution in [3.05, 3.63) is 47.4 Å². The zero-order chi connectivity index (χ0) is 19.3. The Morgan fingerprint density at radius 3 is 2.68 bits per heavy atom. The Morgan fingerprint density at radius 1 is 1.18 bits per heavy atom. The highest BCUT2D eigenvalue weighted by Crippen LogP contribution is 2.46. The summed E-state index contributed by atoms with van der Waals surface area (Å²) in [7, 11) is 0. The van der Waals surface area contributed by atoms with Crippen molar-refractivity contribution < 1.29 is 0 Å². The first-order valence-corrected chi connectivity index (χ1v) is 10.6. The van der Waals surface area contributed by atoms with Crippen LogP contribution < -0.4 is 10.6 Å². The fraction of sp³-hybridized carbons (Fsp3) is 0.455. The predicted octanol–water partition coefficient (Wildman–Crippen LogP) is 4.46. The van der Waals surface area contributed by atoms with E-state index in [-0.39, 0.29) is 0 Å². The Kier molecular flexibility index (Phi) is 4.33. The molecule has 3 aromatic rings. The highest BCUT2D eigenvalue weighted by Gasteiger charge is 2.43. The normalized spacial score (nSPS) is 21.7. The number of benzene rings is 1. The lowest BCUT2D eigenvalue weighted by atomic mass is 9.74. The summed E-state index contributed by atoms with van der Waals surface area (Å²) in [6.07, 6.45) is 9.88. The summed E-state index contributed by atoms with van der Waals surface area (Å²) < 4.78 is 2.11. The maximum atomic E-state index is 6.48. The average molecular weight is 396 g/mol. The Morgan fingerprint density at radius 2 is 1.96 bits per heavy atom. The summed E-state index contributed by atoms with van der Waals surface area (Å²) in [5, 5.41) is 0.722. The second-order valence-corrected chi connectivity index (χ2v) is 8.73. The molecular weight excluding hydrogens is 370 g/mol. The first-order chi connectivity index (χ1) is 13.6. The van der Waals surface area contributed by atoms with Gasteiger partial charge in [0.15, 0.2) is 0 Å². The largest absolute Gasteiger partial charge is 0.342 e. The van der Waals surface area contributed by atoms with Gasteiger partial charge in [-0.3, -0.25) is 4.40 Å². The number of nitrogens with two attached hydrogens (primary N) is 1. The summed E-state index contributed by atoms with van der Waals surface area (Å²) >= 11 is 6.48. The highest BCUT2D eigenvalue weighted by molar-refractivity contribution is 6.33. The molecule has 5 nitrogen and oxygen atoms in total. The summed E-state index contributed by atoms with van der Waals surface area (Å²) in [6, 6.07) is 8.26. The van der Waals surface area contributed by atoms with Crippen LogP contribution in [0.3, 0.4) is 0 Å². The van der Waals surface area contributed by atoms with Crippen molar-refractivity contribution in [2.24, 2.45) is 11.1 Å². The van der Waals surface area contributed by atoms with Crippen molar-refractivity contribution in [3.63, 3.8) is 0 Å². The van der Waals surface area contributed by atoms with Crippen molar-refractivity contribution in [1.29, 1.82) is 0 Å². The van der Waals surface area contributed by atoms with Gasteiger partial charge in [-0.15, -0.1) is 0 Å². The Bertz CT molecular complexity index is 1020. The van der Waals surface area contributed by atoms with Gasteiger partial charge in [-0.25, -0.2) is 9.97 Å². The van der Waals surface area contributed by atoms with Gasteiger partial charge >= 0.3 is 0 Å². The molecule has 0 unspecified atom stereocenters. The summed E-state index contributed by atoms with van der Waals surface area (Å²) in [5.41, 5.74) is 10.7. The van der Waals surface area contributed by atoms with E-state index in [0.29, 0.717) is 11.5 Å². The van der Waals surface area contributed by atoms with Crippen LogP contribution >= 0.6 is 11.6 Å². The molecule has 2 aliphatic rings. The smallest absolute Gasteiger partial charge is 0.211 e. The maximum Gasteiger partial charge on any atom is 0.211 e. The molecule has 1 aromatic carbocycles. The molecule has 1 saturated carbocycles. The van der Waals surface area contributed by atoms with E-state index in [1.807, 2.05) is 36.7 Å². The average Bonchev–Trinajstić information content (AvgIpc) is 3.31. The molecule has 1 aliphatic heterocycles. The minimum atomic E-state index is 0.344. The Labute approximate surface area is 170 Å². The van der Waals surface area contributed by atoms with Crippen molar-refractivity contribution in [2.75, 3.05) is 18.0 Å². The first-order valence-electron chi connectivity index (χ1n) is 10.2. The number of aromatic nitrogens is 3. The zero-order valence-corrected chi connectivity index (χ0v) is 17.0. The van der Waals surface area contributed by atoms with Gasteiger partial charge in [0.2, 0.25) is 5.95 Å². The first kappa shape index (κ1) is 18.0. The van der Waals surface area contributed by atoms with Crippen LogP contribution in [-0.2, 0) is 0 Å². The van der Waals surface area contributed by atoms with Gasteiger partial charge in [-0.05, 0) is 44.1 Å². The topological polar surface area (TPSA) is 59.5 Å². The quantitative estimate of drug-likeness (QED) is 0.696. The Hall–Kier alpha value is -2.11. The van der Waals surface area contributed by atoms with E-state index in [2.05, 4.69) is 21.2 Å². The molecular formula is C22H26ClN5.